The third-order valence-electron chi connectivity index (χ3n) is 2.94. The Morgan fingerprint density at radius 3 is 2.90 bits per heavy atom. The van der Waals surface area contributed by atoms with Crippen molar-refractivity contribution in [2.75, 3.05) is 11.9 Å². The quantitative estimate of drug-likeness (QED) is 0.485. The molecule has 0 spiro atoms. The molecular formula is C13H10BrN3O2S2. The van der Waals surface area contributed by atoms with Gasteiger partial charge < -0.3 is 4.90 Å². The van der Waals surface area contributed by atoms with Crippen molar-refractivity contribution >= 4 is 59.6 Å². The lowest BCUT2D eigenvalue weighted by atomic mass is 10.3. The predicted molar refractivity (Wildman–Crippen MR) is 90.4 cm³/mol. The molecule has 5 nitrogen and oxygen atoms in total. The van der Waals surface area contributed by atoms with Crippen LogP contribution in [0, 0.1) is 10.1 Å². The highest BCUT2D eigenvalue weighted by Crippen LogP contribution is 2.32. The molecule has 0 amide bonds. The molecule has 3 aromatic rings. The SMILES string of the molecule is CN(Cc1csc(Br)c1)c1nc2ccc([N+](=O)[O-])cc2s1. The van der Waals surface area contributed by atoms with E-state index < -0.39 is 0 Å². The molecule has 0 aliphatic carbocycles. The van der Waals surface area contributed by atoms with E-state index in [1.54, 1.807) is 23.5 Å². The maximum absolute atomic E-state index is 10.8. The van der Waals surface area contributed by atoms with Gasteiger partial charge in [-0.05, 0) is 39.0 Å². The van der Waals surface area contributed by atoms with Gasteiger partial charge in [0.05, 0.1) is 18.9 Å². The molecule has 21 heavy (non-hydrogen) atoms. The summed E-state index contributed by atoms with van der Waals surface area (Å²) >= 11 is 6.57. The molecule has 0 unspecified atom stereocenters. The van der Waals surface area contributed by atoms with Crippen LogP contribution in [0.15, 0.2) is 33.4 Å². The minimum absolute atomic E-state index is 0.0992. The fourth-order valence-electron chi connectivity index (χ4n) is 1.95. The number of thiazole rings is 1. The van der Waals surface area contributed by atoms with Gasteiger partial charge >= 0.3 is 0 Å². The second kappa shape index (κ2) is 5.70. The van der Waals surface area contributed by atoms with Crippen LogP contribution in [0.1, 0.15) is 5.56 Å². The number of fused-ring (bicyclic) bond motifs is 1. The van der Waals surface area contributed by atoms with Gasteiger partial charge in [0.2, 0.25) is 0 Å². The van der Waals surface area contributed by atoms with Gasteiger partial charge in [-0.25, -0.2) is 4.98 Å². The lowest BCUT2D eigenvalue weighted by Gasteiger charge is -2.14. The fourth-order valence-corrected chi connectivity index (χ4v) is 4.11. The maximum atomic E-state index is 10.8. The van der Waals surface area contributed by atoms with Crippen molar-refractivity contribution in [3.05, 3.63) is 49.1 Å². The number of rotatable bonds is 4. The predicted octanol–water partition coefficient (Wildman–Crippen LogP) is 4.66. The summed E-state index contributed by atoms with van der Waals surface area (Å²) in [4.78, 5) is 17.0. The summed E-state index contributed by atoms with van der Waals surface area (Å²) in [5.41, 5.74) is 2.10. The minimum atomic E-state index is -0.384. The van der Waals surface area contributed by atoms with Crippen LogP contribution in [0.5, 0.6) is 0 Å². The first-order valence-electron chi connectivity index (χ1n) is 6.02. The Balaban J connectivity index is 1.87. The molecule has 3 rings (SSSR count). The van der Waals surface area contributed by atoms with Crippen molar-refractivity contribution in [3.63, 3.8) is 0 Å². The van der Waals surface area contributed by atoms with Gasteiger partial charge in [-0.3, -0.25) is 10.1 Å². The normalized spacial score (nSPS) is 11.0. The third-order valence-corrected chi connectivity index (χ3v) is 5.63. The topological polar surface area (TPSA) is 59.3 Å². The van der Waals surface area contributed by atoms with E-state index in [0.29, 0.717) is 0 Å². The third kappa shape index (κ3) is 3.07. The van der Waals surface area contributed by atoms with E-state index in [1.807, 2.05) is 11.9 Å². The maximum Gasteiger partial charge on any atom is 0.270 e. The van der Waals surface area contributed by atoms with E-state index >= 15 is 0 Å². The summed E-state index contributed by atoms with van der Waals surface area (Å²) in [7, 11) is 1.97. The average Bonchev–Trinajstić information content (AvgIpc) is 3.03. The van der Waals surface area contributed by atoms with Crippen molar-refractivity contribution in [1.29, 1.82) is 0 Å². The molecule has 108 valence electrons. The standard InChI is InChI=1S/C13H10BrN3O2S2/c1-16(6-8-4-12(14)20-7-8)13-15-10-3-2-9(17(18)19)5-11(10)21-13/h2-5,7H,6H2,1H3. The van der Waals surface area contributed by atoms with Crippen molar-refractivity contribution < 1.29 is 4.92 Å². The molecule has 0 bridgehead atoms. The van der Waals surface area contributed by atoms with Gasteiger partial charge in [0.15, 0.2) is 5.13 Å². The average molecular weight is 384 g/mol. The van der Waals surface area contributed by atoms with Crippen LogP contribution in [0.3, 0.4) is 0 Å². The van der Waals surface area contributed by atoms with E-state index in [2.05, 4.69) is 32.4 Å². The van der Waals surface area contributed by atoms with Crippen LogP contribution in [0.2, 0.25) is 0 Å². The van der Waals surface area contributed by atoms with Gasteiger partial charge in [0.25, 0.3) is 5.69 Å². The Labute approximate surface area is 137 Å². The summed E-state index contributed by atoms with van der Waals surface area (Å²) in [6, 6.07) is 6.84. The molecule has 0 saturated carbocycles. The molecule has 2 heterocycles. The first-order chi connectivity index (χ1) is 10.0. The number of anilines is 1. The lowest BCUT2D eigenvalue weighted by Crippen LogP contribution is -2.15. The summed E-state index contributed by atoms with van der Waals surface area (Å²) < 4.78 is 1.93. The number of nitrogens with zero attached hydrogens (tertiary/aromatic N) is 3. The molecule has 1 aromatic carbocycles. The van der Waals surface area contributed by atoms with Gasteiger partial charge in [0.1, 0.15) is 0 Å². The van der Waals surface area contributed by atoms with E-state index in [1.165, 1.54) is 23.0 Å². The molecule has 0 fully saturated rings. The number of nitro groups is 1. The number of aromatic nitrogens is 1. The first kappa shape index (κ1) is 14.4. The van der Waals surface area contributed by atoms with Crippen molar-refractivity contribution in [2.45, 2.75) is 6.54 Å². The first-order valence-corrected chi connectivity index (χ1v) is 8.51. The van der Waals surface area contributed by atoms with E-state index in [-0.39, 0.29) is 10.6 Å². The molecule has 0 atom stereocenters. The zero-order chi connectivity index (χ0) is 15.0. The second-order valence-electron chi connectivity index (χ2n) is 4.52. The van der Waals surface area contributed by atoms with Crippen LogP contribution in [0.4, 0.5) is 10.8 Å². The number of halogens is 1. The summed E-state index contributed by atoms with van der Waals surface area (Å²) in [5, 5.41) is 13.8. The molecule has 0 radical (unpaired) electrons. The summed E-state index contributed by atoms with van der Waals surface area (Å²) in [5.74, 6) is 0. The van der Waals surface area contributed by atoms with Gasteiger partial charge in [-0.1, -0.05) is 11.3 Å². The Bertz CT molecular complexity index is 815. The van der Waals surface area contributed by atoms with Crippen molar-refractivity contribution in [1.82, 2.24) is 4.98 Å². The Morgan fingerprint density at radius 1 is 1.43 bits per heavy atom. The number of benzene rings is 1. The Morgan fingerprint density at radius 2 is 2.24 bits per heavy atom. The summed E-state index contributed by atoms with van der Waals surface area (Å²) in [6.45, 7) is 0.754. The van der Waals surface area contributed by atoms with Crippen LogP contribution < -0.4 is 4.90 Å². The van der Waals surface area contributed by atoms with Crippen LogP contribution in [-0.4, -0.2) is 17.0 Å². The molecule has 8 heteroatoms. The van der Waals surface area contributed by atoms with Crippen LogP contribution >= 0.6 is 38.6 Å². The van der Waals surface area contributed by atoms with Crippen molar-refractivity contribution in [3.8, 4) is 0 Å². The van der Waals surface area contributed by atoms with Crippen molar-refractivity contribution in [2.24, 2.45) is 0 Å². The van der Waals surface area contributed by atoms with E-state index in [4.69, 9.17) is 0 Å². The second-order valence-corrected chi connectivity index (χ2v) is 7.82. The van der Waals surface area contributed by atoms with Crippen LogP contribution in [-0.2, 0) is 6.54 Å². The molecule has 0 aliphatic heterocycles. The largest absolute Gasteiger partial charge is 0.347 e. The smallest absolute Gasteiger partial charge is 0.270 e. The molecule has 0 aliphatic rings. The number of nitro benzene ring substituents is 1. The highest BCUT2D eigenvalue weighted by molar-refractivity contribution is 9.11. The molecular weight excluding hydrogens is 374 g/mol. The number of hydrogen-bond acceptors (Lipinski definition) is 6. The minimum Gasteiger partial charge on any atom is -0.347 e. The van der Waals surface area contributed by atoms with Gasteiger partial charge in [0, 0.05) is 25.7 Å². The zero-order valence-corrected chi connectivity index (χ0v) is 14.2. The molecule has 2 aromatic heterocycles. The highest BCUT2D eigenvalue weighted by atomic mass is 79.9. The lowest BCUT2D eigenvalue weighted by molar-refractivity contribution is -0.384. The summed E-state index contributed by atoms with van der Waals surface area (Å²) in [6.07, 6.45) is 0. The van der Waals surface area contributed by atoms with E-state index in [9.17, 15) is 10.1 Å². The van der Waals surface area contributed by atoms with Crippen LogP contribution in [0.25, 0.3) is 10.2 Å². The molecule has 0 N–H and O–H groups in total. The monoisotopic (exact) mass is 383 g/mol. The number of thiophene rings is 1. The Kier molecular flexibility index (Phi) is 3.92. The highest BCUT2D eigenvalue weighted by Gasteiger charge is 2.13. The number of non-ortho nitro benzene ring substituents is 1. The number of hydrogen-bond donors (Lipinski definition) is 0. The van der Waals surface area contributed by atoms with Gasteiger partial charge in [-0.15, -0.1) is 11.3 Å². The fraction of sp³-hybridized carbons (Fsp3) is 0.154. The zero-order valence-electron chi connectivity index (χ0n) is 10.9. The Hall–Kier alpha value is -1.51. The molecule has 0 saturated heterocycles. The van der Waals surface area contributed by atoms with Gasteiger partial charge in [-0.2, -0.15) is 0 Å². The van der Waals surface area contributed by atoms with E-state index in [0.717, 1.165) is 25.7 Å².